The zero-order chi connectivity index (χ0) is 28.3. The van der Waals surface area contributed by atoms with Gasteiger partial charge in [0.05, 0.1) is 4.88 Å². The second-order valence-electron chi connectivity index (χ2n) is 9.78. The lowest BCUT2D eigenvalue weighted by atomic mass is 9.78. The minimum atomic E-state index is -4.57. The molecule has 0 spiro atoms. The van der Waals surface area contributed by atoms with Gasteiger partial charge in [0.2, 0.25) is 11.9 Å². The second kappa shape index (κ2) is 11.3. The Labute approximate surface area is 232 Å². The molecule has 3 heterocycles. The van der Waals surface area contributed by atoms with Crippen LogP contribution < -0.4 is 10.6 Å². The Balaban J connectivity index is 1.24. The van der Waals surface area contributed by atoms with E-state index >= 15 is 0 Å². The first-order valence-electron chi connectivity index (χ1n) is 12.6. The van der Waals surface area contributed by atoms with Crippen molar-refractivity contribution in [3.8, 4) is 10.4 Å². The Bertz CT molecular complexity index is 1490. The highest BCUT2D eigenvalue weighted by Crippen LogP contribution is 2.43. The molecular formula is C27H26F3N7O2S. The number of aliphatic hydroxyl groups is 1. The van der Waals surface area contributed by atoms with E-state index < -0.39 is 17.5 Å². The minimum Gasteiger partial charge on any atom is -0.383 e. The Morgan fingerprint density at radius 2 is 1.88 bits per heavy atom. The number of halogens is 3. The van der Waals surface area contributed by atoms with Crippen LogP contribution in [0.25, 0.3) is 10.4 Å². The average Bonchev–Trinajstić information content (AvgIpc) is 3.44. The number of amides is 1. The molecule has 4 aromatic rings. The maximum atomic E-state index is 13.0. The Morgan fingerprint density at radius 3 is 2.60 bits per heavy atom. The average molecular weight is 570 g/mol. The number of hydrogen-bond donors (Lipinski definition) is 3. The van der Waals surface area contributed by atoms with Gasteiger partial charge in [-0.3, -0.25) is 4.79 Å². The molecular weight excluding hydrogens is 543 g/mol. The molecule has 13 heteroatoms. The molecule has 1 aromatic carbocycles. The van der Waals surface area contributed by atoms with Gasteiger partial charge in [-0.25, -0.2) is 24.9 Å². The van der Waals surface area contributed by atoms with Gasteiger partial charge in [0, 0.05) is 48.5 Å². The highest BCUT2D eigenvalue weighted by molar-refractivity contribution is 7.15. The number of nitrogens with one attached hydrogen (secondary N) is 2. The van der Waals surface area contributed by atoms with E-state index in [1.807, 2.05) is 13.0 Å². The number of thiazole rings is 1. The lowest BCUT2D eigenvalue weighted by molar-refractivity contribution is -0.141. The third-order valence-electron chi connectivity index (χ3n) is 6.73. The monoisotopic (exact) mass is 569 g/mol. The number of benzene rings is 1. The number of alkyl halides is 3. The Kier molecular flexibility index (Phi) is 7.76. The molecule has 1 fully saturated rings. The number of aromatic nitrogens is 5. The van der Waals surface area contributed by atoms with Crippen LogP contribution in [0.3, 0.4) is 0 Å². The number of hydrogen-bond acceptors (Lipinski definition) is 9. The molecule has 3 aromatic heterocycles. The summed E-state index contributed by atoms with van der Waals surface area (Å²) in [7, 11) is 0. The first-order valence-corrected chi connectivity index (χ1v) is 13.4. The quantitative estimate of drug-likeness (QED) is 0.279. The number of rotatable bonds is 7. The molecule has 1 saturated carbocycles. The minimum absolute atomic E-state index is 0.0599. The zero-order valence-corrected chi connectivity index (χ0v) is 22.3. The summed E-state index contributed by atoms with van der Waals surface area (Å²) < 4.78 is 39.1. The van der Waals surface area contributed by atoms with Crippen LogP contribution in [0.4, 0.5) is 24.8 Å². The van der Waals surface area contributed by atoms with E-state index in [0.717, 1.165) is 33.8 Å². The number of nitrogens with zero attached hydrogens (tertiary/aromatic N) is 5. The lowest BCUT2D eigenvalue weighted by Gasteiger charge is -2.33. The van der Waals surface area contributed by atoms with E-state index in [1.54, 1.807) is 30.7 Å². The predicted octanol–water partition coefficient (Wildman–Crippen LogP) is 5.16. The topological polar surface area (TPSA) is 126 Å². The van der Waals surface area contributed by atoms with Crippen LogP contribution in [-0.2, 0) is 23.1 Å². The third kappa shape index (κ3) is 6.42. The summed E-state index contributed by atoms with van der Waals surface area (Å²) in [6.45, 7) is 2.22. The van der Waals surface area contributed by atoms with Gasteiger partial charge < -0.3 is 15.7 Å². The largest absolute Gasteiger partial charge is 0.433 e. The standard InChI is InChI=1S/C27H26F3N7O2S/c1-16-8-19(10-20(9-16)36-25-33-7-4-22(37-25)27(28,29)30)21-14-35-24(40-21)26(39)5-2-18(3-6-26)23(38)34-13-17-11-31-15-32-12-17/h4,7-12,14-15,18,39H,2-3,5-6,13H2,1H3,(H,34,38)(H,33,36,37)/t18-,26+. The van der Waals surface area contributed by atoms with Crippen molar-refractivity contribution in [1.29, 1.82) is 0 Å². The summed E-state index contributed by atoms with van der Waals surface area (Å²) in [6, 6.07) is 6.30. The molecule has 0 saturated heterocycles. The normalized spacial score (nSPS) is 19.3. The van der Waals surface area contributed by atoms with Crippen molar-refractivity contribution < 1.29 is 23.1 Å². The van der Waals surface area contributed by atoms with E-state index in [1.165, 1.54) is 17.7 Å². The number of carbonyl (C=O) groups is 1. The number of carbonyl (C=O) groups excluding carboxylic acids is 1. The smallest absolute Gasteiger partial charge is 0.383 e. The maximum absolute atomic E-state index is 13.0. The Morgan fingerprint density at radius 1 is 1.12 bits per heavy atom. The molecule has 0 radical (unpaired) electrons. The van der Waals surface area contributed by atoms with Gasteiger partial charge >= 0.3 is 6.18 Å². The molecule has 1 aliphatic carbocycles. The van der Waals surface area contributed by atoms with Crippen LogP contribution in [-0.4, -0.2) is 35.9 Å². The molecule has 3 N–H and O–H groups in total. The Hall–Kier alpha value is -3.97. The molecule has 0 unspecified atom stereocenters. The summed E-state index contributed by atoms with van der Waals surface area (Å²) in [5.41, 5.74) is 0.834. The van der Waals surface area contributed by atoms with E-state index in [9.17, 15) is 23.1 Å². The van der Waals surface area contributed by atoms with E-state index in [0.29, 0.717) is 42.9 Å². The van der Waals surface area contributed by atoms with Gasteiger partial charge in [-0.05, 0) is 61.9 Å². The second-order valence-corrected chi connectivity index (χ2v) is 10.8. The molecule has 40 heavy (non-hydrogen) atoms. The van der Waals surface area contributed by atoms with Crippen molar-refractivity contribution >= 4 is 28.9 Å². The van der Waals surface area contributed by atoms with Crippen molar-refractivity contribution in [1.82, 2.24) is 30.2 Å². The van der Waals surface area contributed by atoms with E-state index in [4.69, 9.17) is 0 Å². The first-order chi connectivity index (χ1) is 19.1. The van der Waals surface area contributed by atoms with E-state index in [2.05, 4.69) is 35.6 Å². The van der Waals surface area contributed by atoms with Crippen LogP contribution in [0.2, 0.25) is 0 Å². The highest BCUT2D eigenvalue weighted by Gasteiger charge is 2.39. The zero-order valence-electron chi connectivity index (χ0n) is 21.4. The SMILES string of the molecule is Cc1cc(Nc2nccc(C(F)(F)F)n2)cc(-c2cnc([C@]3(O)CC[C@@H](C(=O)NCc4cncnc4)CC3)s2)c1. The van der Waals surface area contributed by atoms with Gasteiger partial charge in [-0.2, -0.15) is 13.2 Å². The van der Waals surface area contributed by atoms with Crippen LogP contribution in [0.5, 0.6) is 0 Å². The molecule has 0 atom stereocenters. The molecule has 1 aliphatic rings. The van der Waals surface area contributed by atoms with Crippen molar-refractivity contribution in [2.24, 2.45) is 5.92 Å². The molecule has 0 bridgehead atoms. The van der Waals surface area contributed by atoms with Gasteiger partial charge in [0.25, 0.3) is 0 Å². The fourth-order valence-electron chi connectivity index (χ4n) is 4.65. The van der Waals surface area contributed by atoms with Gasteiger partial charge in [-0.1, -0.05) is 6.07 Å². The lowest BCUT2D eigenvalue weighted by Crippen LogP contribution is -2.38. The summed E-state index contributed by atoms with van der Waals surface area (Å²) in [6.07, 6.45) is 4.76. The van der Waals surface area contributed by atoms with Gasteiger partial charge in [0.1, 0.15) is 22.6 Å². The van der Waals surface area contributed by atoms with Gasteiger partial charge in [-0.15, -0.1) is 11.3 Å². The van der Waals surface area contributed by atoms with Crippen molar-refractivity contribution in [2.45, 2.75) is 50.9 Å². The highest BCUT2D eigenvalue weighted by atomic mass is 32.1. The number of anilines is 2. The van der Waals surface area contributed by atoms with Crippen molar-refractivity contribution in [3.05, 3.63) is 77.2 Å². The predicted molar refractivity (Wildman–Crippen MR) is 142 cm³/mol. The maximum Gasteiger partial charge on any atom is 0.433 e. The molecule has 9 nitrogen and oxygen atoms in total. The van der Waals surface area contributed by atoms with Crippen LogP contribution in [0, 0.1) is 12.8 Å². The van der Waals surface area contributed by atoms with Crippen molar-refractivity contribution in [3.63, 3.8) is 0 Å². The summed E-state index contributed by atoms with van der Waals surface area (Å²) in [5.74, 6) is -0.424. The summed E-state index contributed by atoms with van der Waals surface area (Å²) >= 11 is 1.35. The molecule has 1 amide bonds. The summed E-state index contributed by atoms with van der Waals surface area (Å²) in [4.78, 5) is 33.3. The van der Waals surface area contributed by atoms with Gasteiger partial charge in [0.15, 0.2) is 0 Å². The summed E-state index contributed by atoms with van der Waals surface area (Å²) in [5, 5.41) is 17.7. The molecule has 208 valence electrons. The molecule has 5 rings (SSSR count). The first kappa shape index (κ1) is 27.6. The third-order valence-corrected chi connectivity index (χ3v) is 7.97. The fourth-order valence-corrected chi connectivity index (χ4v) is 5.70. The number of aryl methyl sites for hydroxylation is 1. The molecule has 0 aliphatic heterocycles. The van der Waals surface area contributed by atoms with Crippen molar-refractivity contribution in [2.75, 3.05) is 5.32 Å². The van der Waals surface area contributed by atoms with Crippen LogP contribution >= 0.6 is 11.3 Å². The van der Waals surface area contributed by atoms with E-state index in [-0.39, 0.29) is 17.8 Å². The van der Waals surface area contributed by atoms with Crippen LogP contribution in [0.15, 0.2) is 55.4 Å². The fraction of sp³-hybridized carbons (Fsp3) is 0.333. The van der Waals surface area contributed by atoms with Crippen LogP contribution in [0.1, 0.15) is 47.5 Å².